The van der Waals surface area contributed by atoms with Crippen molar-refractivity contribution in [1.29, 1.82) is 0 Å². The summed E-state index contributed by atoms with van der Waals surface area (Å²) in [4.78, 5) is 14.3. The molecule has 0 bridgehead atoms. The highest BCUT2D eigenvalue weighted by Gasteiger charge is 2.15. The molecule has 0 aliphatic heterocycles. The predicted molar refractivity (Wildman–Crippen MR) is 89.2 cm³/mol. The van der Waals surface area contributed by atoms with E-state index in [0.29, 0.717) is 5.57 Å². The van der Waals surface area contributed by atoms with Gasteiger partial charge in [0.2, 0.25) is 0 Å². The Balaban J connectivity index is 2.22. The Morgan fingerprint density at radius 2 is 2.00 bits per heavy atom. The normalized spacial score (nSPS) is 17.1. The van der Waals surface area contributed by atoms with Crippen molar-refractivity contribution in [2.45, 2.75) is 19.8 Å². The summed E-state index contributed by atoms with van der Waals surface area (Å²) < 4.78 is 0. The molecule has 1 aliphatic carbocycles. The van der Waals surface area contributed by atoms with Crippen molar-refractivity contribution < 1.29 is 4.79 Å². The molecule has 21 heavy (non-hydrogen) atoms. The number of amides is 1. The van der Waals surface area contributed by atoms with E-state index < -0.39 is 0 Å². The van der Waals surface area contributed by atoms with Crippen molar-refractivity contribution in [3.8, 4) is 0 Å². The van der Waals surface area contributed by atoms with Crippen LogP contribution in [0.1, 0.15) is 19.8 Å². The molecule has 0 heterocycles. The quantitative estimate of drug-likeness (QED) is 0.750. The molecule has 0 N–H and O–H groups in total. The van der Waals surface area contributed by atoms with Gasteiger partial charge in [0.25, 0.3) is 5.91 Å². The van der Waals surface area contributed by atoms with Crippen LogP contribution in [0.3, 0.4) is 0 Å². The van der Waals surface area contributed by atoms with E-state index in [1.807, 2.05) is 55.5 Å². The summed E-state index contributed by atoms with van der Waals surface area (Å²) in [5.41, 5.74) is 3.73. The highest BCUT2D eigenvalue weighted by Crippen LogP contribution is 2.24. The zero-order valence-corrected chi connectivity index (χ0v) is 12.7. The van der Waals surface area contributed by atoms with Gasteiger partial charge < -0.3 is 4.90 Å². The van der Waals surface area contributed by atoms with Crippen molar-refractivity contribution >= 4 is 11.6 Å². The van der Waals surface area contributed by atoms with Crippen molar-refractivity contribution in [1.82, 2.24) is 0 Å². The Hall–Kier alpha value is -2.35. The van der Waals surface area contributed by atoms with Gasteiger partial charge in [-0.15, -0.1) is 0 Å². The molecule has 2 heteroatoms. The standard InChI is InChI=1S/C19H21NO/c1-4-16(14-17-11-9-8-10-15(17)2)19(21)20(3)18-12-6-5-7-13-18/h4-8,10,12-14H,2,9,11H2,1,3H3/b16-4?,17-14-. The van der Waals surface area contributed by atoms with Crippen LogP contribution in [-0.4, -0.2) is 13.0 Å². The SMILES string of the molecule is C=C1C=CCC/C1=C/C(=CC)C(=O)N(C)c1ccccc1. The van der Waals surface area contributed by atoms with Gasteiger partial charge in [0.1, 0.15) is 0 Å². The minimum Gasteiger partial charge on any atom is -0.311 e. The molecule has 0 radical (unpaired) electrons. The monoisotopic (exact) mass is 279 g/mol. The number of rotatable bonds is 3. The number of hydrogen-bond donors (Lipinski definition) is 0. The summed E-state index contributed by atoms with van der Waals surface area (Å²) in [6, 6.07) is 9.67. The van der Waals surface area contributed by atoms with Gasteiger partial charge in [-0.25, -0.2) is 0 Å². The van der Waals surface area contributed by atoms with Gasteiger partial charge in [-0.1, -0.05) is 43.0 Å². The smallest absolute Gasteiger partial charge is 0.257 e. The number of carbonyl (C=O) groups is 1. The van der Waals surface area contributed by atoms with Crippen LogP contribution in [-0.2, 0) is 4.79 Å². The Bertz CT molecular complexity index is 620. The number of nitrogens with zero attached hydrogens (tertiary/aromatic N) is 1. The molecule has 2 rings (SSSR count). The van der Waals surface area contributed by atoms with Gasteiger partial charge in [-0.2, -0.15) is 0 Å². The Kier molecular flexibility index (Phi) is 4.94. The molecule has 108 valence electrons. The number of likely N-dealkylation sites (N-methyl/N-ethyl adjacent to an activating group) is 1. The summed E-state index contributed by atoms with van der Waals surface area (Å²) in [5, 5.41) is 0. The van der Waals surface area contributed by atoms with E-state index >= 15 is 0 Å². The number of para-hydroxylation sites is 1. The minimum atomic E-state index is -0.00134. The van der Waals surface area contributed by atoms with Crippen LogP contribution >= 0.6 is 0 Å². The van der Waals surface area contributed by atoms with Crippen LogP contribution in [0, 0.1) is 0 Å². The molecular formula is C19H21NO. The Labute approximate surface area is 126 Å². The van der Waals surface area contributed by atoms with Gasteiger partial charge >= 0.3 is 0 Å². The summed E-state index contributed by atoms with van der Waals surface area (Å²) >= 11 is 0. The highest BCUT2D eigenvalue weighted by molar-refractivity contribution is 6.07. The summed E-state index contributed by atoms with van der Waals surface area (Å²) in [6.45, 7) is 5.93. The molecule has 0 atom stereocenters. The van der Waals surface area contributed by atoms with E-state index in [1.165, 1.54) is 0 Å². The second-order valence-electron chi connectivity index (χ2n) is 5.08. The minimum absolute atomic E-state index is 0.00134. The van der Waals surface area contributed by atoms with Crippen LogP contribution < -0.4 is 4.90 Å². The molecule has 2 nitrogen and oxygen atoms in total. The molecule has 0 spiro atoms. The maximum Gasteiger partial charge on any atom is 0.257 e. The molecule has 1 amide bonds. The molecule has 1 aromatic carbocycles. The van der Waals surface area contributed by atoms with E-state index in [9.17, 15) is 4.79 Å². The van der Waals surface area contributed by atoms with Crippen molar-refractivity contribution in [2.24, 2.45) is 0 Å². The first kappa shape index (κ1) is 15.0. The van der Waals surface area contributed by atoms with E-state index in [-0.39, 0.29) is 5.91 Å². The van der Waals surface area contributed by atoms with E-state index in [2.05, 4.69) is 12.7 Å². The third kappa shape index (κ3) is 3.60. The third-order valence-corrected chi connectivity index (χ3v) is 3.65. The lowest BCUT2D eigenvalue weighted by Crippen LogP contribution is -2.27. The second kappa shape index (κ2) is 6.89. The average Bonchev–Trinajstić information content (AvgIpc) is 2.53. The Morgan fingerprint density at radius 3 is 2.62 bits per heavy atom. The lowest BCUT2D eigenvalue weighted by atomic mass is 9.94. The van der Waals surface area contributed by atoms with Crippen LogP contribution in [0.4, 0.5) is 5.69 Å². The molecular weight excluding hydrogens is 258 g/mol. The number of anilines is 1. The fraction of sp³-hybridized carbons (Fsp3) is 0.211. The summed E-state index contributed by atoms with van der Waals surface area (Å²) in [6.07, 6.45) is 9.91. The number of carbonyl (C=O) groups excluding carboxylic acids is 1. The first-order valence-electron chi connectivity index (χ1n) is 7.19. The van der Waals surface area contributed by atoms with Gasteiger partial charge in [-0.3, -0.25) is 4.79 Å². The number of hydrogen-bond acceptors (Lipinski definition) is 1. The lowest BCUT2D eigenvalue weighted by molar-refractivity contribution is -0.114. The van der Waals surface area contributed by atoms with Gasteiger partial charge in [0, 0.05) is 18.3 Å². The average molecular weight is 279 g/mol. The fourth-order valence-electron chi connectivity index (χ4n) is 2.32. The van der Waals surface area contributed by atoms with E-state index in [4.69, 9.17) is 0 Å². The largest absolute Gasteiger partial charge is 0.311 e. The molecule has 1 aromatic rings. The van der Waals surface area contributed by atoms with Crippen LogP contribution in [0.5, 0.6) is 0 Å². The summed E-state index contributed by atoms with van der Waals surface area (Å²) in [5.74, 6) is -0.00134. The third-order valence-electron chi connectivity index (χ3n) is 3.65. The van der Waals surface area contributed by atoms with Gasteiger partial charge in [0.05, 0.1) is 0 Å². The van der Waals surface area contributed by atoms with Crippen molar-refractivity contribution in [2.75, 3.05) is 11.9 Å². The lowest BCUT2D eigenvalue weighted by Gasteiger charge is -2.19. The van der Waals surface area contributed by atoms with Gasteiger partial charge in [-0.05, 0) is 49.1 Å². The summed E-state index contributed by atoms with van der Waals surface area (Å²) in [7, 11) is 1.80. The second-order valence-corrected chi connectivity index (χ2v) is 5.08. The highest BCUT2D eigenvalue weighted by atomic mass is 16.2. The van der Waals surface area contributed by atoms with Gasteiger partial charge in [0.15, 0.2) is 0 Å². The molecule has 0 saturated heterocycles. The molecule has 0 fully saturated rings. The van der Waals surface area contributed by atoms with Crippen molar-refractivity contribution in [3.05, 3.63) is 77.9 Å². The molecule has 0 saturated carbocycles. The van der Waals surface area contributed by atoms with Crippen LogP contribution in [0.25, 0.3) is 0 Å². The van der Waals surface area contributed by atoms with Crippen molar-refractivity contribution in [3.63, 3.8) is 0 Å². The zero-order valence-electron chi connectivity index (χ0n) is 12.7. The van der Waals surface area contributed by atoms with Crippen LogP contribution in [0.15, 0.2) is 77.9 Å². The zero-order chi connectivity index (χ0) is 15.2. The maximum atomic E-state index is 12.6. The predicted octanol–water partition coefficient (Wildman–Crippen LogP) is 4.43. The molecule has 0 aromatic heterocycles. The Morgan fingerprint density at radius 1 is 1.29 bits per heavy atom. The number of benzene rings is 1. The topological polar surface area (TPSA) is 20.3 Å². The first-order chi connectivity index (χ1) is 10.1. The van der Waals surface area contributed by atoms with E-state index in [1.54, 1.807) is 11.9 Å². The fourth-order valence-corrected chi connectivity index (χ4v) is 2.32. The van der Waals surface area contributed by atoms with Crippen LogP contribution in [0.2, 0.25) is 0 Å². The molecule has 1 aliphatic rings. The molecule has 0 unspecified atom stereocenters. The first-order valence-corrected chi connectivity index (χ1v) is 7.19. The number of allylic oxidation sites excluding steroid dienone is 5. The van der Waals surface area contributed by atoms with E-state index in [0.717, 1.165) is 29.7 Å². The maximum absolute atomic E-state index is 12.6.